The van der Waals surface area contributed by atoms with Crippen LogP contribution in [0.5, 0.6) is 0 Å². The molecule has 0 saturated heterocycles. The highest BCUT2D eigenvalue weighted by Gasteiger charge is 2.18. The number of aromatic nitrogens is 5. The van der Waals surface area contributed by atoms with Crippen LogP contribution in [0.2, 0.25) is 0 Å². The third kappa shape index (κ3) is 4.11. The molecule has 7 nitrogen and oxygen atoms in total. The Kier molecular flexibility index (Phi) is 5.50. The highest BCUT2D eigenvalue weighted by atomic mass is 16.1. The van der Waals surface area contributed by atoms with Crippen molar-refractivity contribution in [2.24, 2.45) is 0 Å². The van der Waals surface area contributed by atoms with Crippen LogP contribution < -0.4 is 5.32 Å². The number of hydrogen-bond donors (Lipinski definition) is 2. The van der Waals surface area contributed by atoms with Crippen molar-refractivity contribution in [1.29, 1.82) is 0 Å². The highest BCUT2D eigenvalue weighted by Crippen LogP contribution is 2.27. The van der Waals surface area contributed by atoms with Crippen molar-refractivity contribution < 1.29 is 4.79 Å². The minimum absolute atomic E-state index is 0.170. The van der Waals surface area contributed by atoms with E-state index in [-0.39, 0.29) is 11.9 Å². The lowest BCUT2D eigenvalue weighted by atomic mass is 10.1. The number of aromatic amines is 1. The molecule has 3 heterocycles. The molecule has 3 aromatic carbocycles. The zero-order valence-corrected chi connectivity index (χ0v) is 19.7. The predicted octanol–water partition coefficient (Wildman–Crippen LogP) is 5.51. The van der Waals surface area contributed by atoms with Gasteiger partial charge in [-0.2, -0.15) is 0 Å². The van der Waals surface area contributed by atoms with E-state index in [1.54, 1.807) is 12.4 Å². The summed E-state index contributed by atoms with van der Waals surface area (Å²) in [4.78, 5) is 30.1. The molecule has 0 unspecified atom stereocenters. The average molecular weight is 473 g/mol. The molecule has 176 valence electrons. The van der Waals surface area contributed by atoms with Crippen molar-refractivity contribution in [3.05, 3.63) is 114 Å². The summed E-state index contributed by atoms with van der Waals surface area (Å²) in [5.41, 5.74) is 6.18. The number of nitrogens with one attached hydrogen (secondary N) is 2. The summed E-state index contributed by atoms with van der Waals surface area (Å²) in [7, 11) is 0. The van der Waals surface area contributed by atoms with E-state index in [1.807, 2.05) is 67.6 Å². The van der Waals surface area contributed by atoms with Gasteiger partial charge in [0, 0.05) is 23.9 Å². The first kappa shape index (κ1) is 21.7. The van der Waals surface area contributed by atoms with Crippen molar-refractivity contribution >= 4 is 28.0 Å². The number of pyridine rings is 1. The minimum Gasteiger partial charge on any atom is -0.342 e. The molecule has 6 aromatic rings. The van der Waals surface area contributed by atoms with Gasteiger partial charge in [-0.05, 0) is 36.8 Å². The maximum absolute atomic E-state index is 13.2. The Bertz CT molecular complexity index is 1640. The maximum atomic E-state index is 13.2. The second kappa shape index (κ2) is 9.11. The molecule has 6 rings (SSSR count). The largest absolute Gasteiger partial charge is 0.342 e. The fraction of sp³-hybridized carbons (Fsp3) is 0.103. The van der Waals surface area contributed by atoms with E-state index in [0.717, 1.165) is 39.0 Å². The Morgan fingerprint density at radius 3 is 2.50 bits per heavy atom. The van der Waals surface area contributed by atoms with Gasteiger partial charge in [-0.1, -0.05) is 60.7 Å². The number of benzene rings is 3. The molecular weight excluding hydrogens is 448 g/mol. The lowest BCUT2D eigenvalue weighted by Crippen LogP contribution is -2.27. The number of nitrogens with zero attached hydrogens (tertiary/aromatic N) is 4. The summed E-state index contributed by atoms with van der Waals surface area (Å²) in [5.74, 6) is 1.39. The van der Waals surface area contributed by atoms with E-state index >= 15 is 0 Å². The van der Waals surface area contributed by atoms with Gasteiger partial charge >= 0.3 is 0 Å². The quantitative estimate of drug-likeness (QED) is 0.334. The van der Waals surface area contributed by atoms with Crippen molar-refractivity contribution in [2.75, 3.05) is 0 Å². The lowest BCUT2D eigenvalue weighted by Gasteiger charge is -2.13. The molecule has 0 aliphatic carbocycles. The monoisotopic (exact) mass is 472 g/mol. The number of hydrogen-bond acceptors (Lipinski definition) is 4. The molecule has 1 amide bonds. The van der Waals surface area contributed by atoms with Gasteiger partial charge in [-0.15, -0.1) is 0 Å². The molecular formula is C29H24N6O. The van der Waals surface area contributed by atoms with Crippen molar-refractivity contribution in [2.45, 2.75) is 19.5 Å². The van der Waals surface area contributed by atoms with Gasteiger partial charge in [0.1, 0.15) is 11.6 Å². The third-order valence-corrected chi connectivity index (χ3v) is 6.29. The molecule has 0 bridgehead atoms. The summed E-state index contributed by atoms with van der Waals surface area (Å²) < 4.78 is 2.17. The summed E-state index contributed by atoms with van der Waals surface area (Å²) >= 11 is 0. The summed E-state index contributed by atoms with van der Waals surface area (Å²) in [6.07, 6.45) is 3.43. The molecule has 0 spiro atoms. The third-order valence-electron chi connectivity index (χ3n) is 6.29. The van der Waals surface area contributed by atoms with E-state index in [1.165, 1.54) is 0 Å². The van der Waals surface area contributed by atoms with Gasteiger partial charge in [0.25, 0.3) is 5.91 Å². The van der Waals surface area contributed by atoms with Crippen LogP contribution in [-0.4, -0.2) is 30.4 Å². The first-order valence-corrected chi connectivity index (χ1v) is 11.9. The molecule has 7 heteroatoms. The average Bonchev–Trinajstić information content (AvgIpc) is 3.51. The standard InChI is InChI=1S/C29H24N6O/c1-19(27-32-23-14-15-30-17-25(23)33-27)31-29(36)22-12-13-24-26(16-22)35(18-20-8-4-2-5-9-20)28(34-24)21-10-6-3-7-11-21/h2-17,19H,18H2,1H3,(H,31,36)(H,32,33)/t19-/m1/s1. The molecule has 0 aliphatic rings. The summed E-state index contributed by atoms with van der Waals surface area (Å²) in [6.45, 7) is 2.56. The number of fused-ring (bicyclic) bond motifs is 2. The Hall–Kier alpha value is -4.78. The van der Waals surface area contributed by atoms with Crippen molar-refractivity contribution in [3.8, 4) is 11.4 Å². The number of carbonyl (C=O) groups is 1. The first-order valence-electron chi connectivity index (χ1n) is 11.9. The fourth-order valence-corrected chi connectivity index (χ4v) is 4.43. The van der Waals surface area contributed by atoms with Crippen LogP contribution >= 0.6 is 0 Å². The van der Waals surface area contributed by atoms with Crippen LogP contribution in [0.1, 0.15) is 34.7 Å². The van der Waals surface area contributed by atoms with Gasteiger partial charge in [0.15, 0.2) is 0 Å². The van der Waals surface area contributed by atoms with Crippen LogP contribution in [0.3, 0.4) is 0 Å². The van der Waals surface area contributed by atoms with Gasteiger partial charge in [0.05, 0.1) is 34.3 Å². The number of amides is 1. The zero-order chi connectivity index (χ0) is 24.5. The summed E-state index contributed by atoms with van der Waals surface area (Å²) in [5, 5.41) is 3.06. The van der Waals surface area contributed by atoms with Crippen LogP contribution in [-0.2, 0) is 6.54 Å². The topological polar surface area (TPSA) is 88.5 Å². The van der Waals surface area contributed by atoms with E-state index in [2.05, 4.69) is 49.1 Å². The van der Waals surface area contributed by atoms with Crippen LogP contribution in [0, 0.1) is 0 Å². The Morgan fingerprint density at radius 1 is 0.944 bits per heavy atom. The molecule has 0 radical (unpaired) electrons. The van der Waals surface area contributed by atoms with Crippen molar-refractivity contribution in [3.63, 3.8) is 0 Å². The minimum atomic E-state index is -0.297. The Morgan fingerprint density at radius 2 is 1.72 bits per heavy atom. The van der Waals surface area contributed by atoms with E-state index in [4.69, 9.17) is 4.98 Å². The Balaban J connectivity index is 1.35. The molecule has 0 fully saturated rings. The fourth-order valence-electron chi connectivity index (χ4n) is 4.43. The van der Waals surface area contributed by atoms with Crippen LogP contribution in [0.25, 0.3) is 33.5 Å². The molecule has 3 aromatic heterocycles. The second-order valence-corrected chi connectivity index (χ2v) is 8.79. The van der Waals surface area contributed by atoms with E-state index < -0.39 is 0 Å². The van der Waals surface area contributed by atoms with E-state index in [9.17, 15) is 4.79 Å². The van der Waals surface area contributed by atoms with Gasteiger partial charge in [-0.25, -0.2) is 9.97 Å². The lowest BCUT2D eigenvalue weighted by molar-refractivity contribution is 0.0938. The van der Waals surface area contributed by atoms with Crippen molar-refractivity contribution in [1.82, 2.24) is 29.8 Å². The van der Waals surface area contributed by atoms with Gasteiger partial charge in [0.2, 0.25) is 0 Å². The summed E-state index contributed by atoms with van der Waals surface area (Å²) in [6, 6.07) is 27.6. The second-order valence-electron chi connectivity index (χ2n) is 8.79. The normalized spacial score (nSPS) is 12.1. The van der Waals surface area contributed by atoms with Gasteiger partial charge < -0.3 is 14.9 Å². The Labute approximate surface area is 207 Å². The zero-order valence-electron chi connectivity index (χ0n) is 19.7. The molecule has 2 N–H and O–H groups in total. The highest BCUT2D eigenvalue weighted by molar-refractivity contribution is 5.98. The number of H-pyrrole nitrogens is 1. The molecule has 0 saturated carbocycles. The first-order chi connectivity index (χ1) is 17.7. The number of imidazole rings is 2. The van der Waals surface area contributed by atoms with Gasteiger partial charge in [-0.3, -0.25) is 9.78 Å². The number of carbonyl (C=O) groups excluding carboxylic acids is 1. The van der Waals surface area contributed by atoms with E-state index in [0.29, 0.717) is 17.9 Å². The van der Waals surface area contributed by atoms with Crippen LogP contribution in [0.4, 0.5) is 0 Å². The SMILES string of the molecule is C[C@@H](NC(=O)c1ccc2nc(-c3ccccc3)n(Cc3ccccc3)c2c1)c1nc2ccncc2[nH]1. The molecule has 0 aliphatic heterocycles. The predicted molar refractivity (Wildman–Crippen MR) is 140 cm³/mol. The number of rotatable bonds is 6. The molecule has 36 heavy (non-hydrogen) atoms. The maximum Gasteiger partial charge on any atom is 0.251 e. The van der Waals surface area contributed by atoms with Crippen LogP contribution in [0.15, 0.2) is 97.3 Å². The molecule has 1 atom stereocenters. The smallest absolute Gasteiger partial charge is 0.251 e.